The molecule has 5 nitrogen and oxygen atoms in total. The van der Waals surface area contributed by atoms with E-state index < -0.39 is 0 Å². The number of nitrogens with one attached hydrogen (secondary N) is 1. The van der Waals surface area contributed by atoms with E-state index in [1.165, 1.54) is 6.20 Å². The number of ether oxygens (including phenoxy) is 1. The summed E-state index contributed by atoms with van der Waals surface area (Å²) in [6.45, 7) is 2.12. The van der Waals surface area contributed by atoms with Crippen molar-refractivity contribution >= 4 is 17.5 Å². The second-order valence-electron chi connectivity index (χ2n) is 3.52. The summed E-state index contributed by atoms with van der Waals surface area (Å²) in [7, 11) is 0. The predicted molar refractivity (Wildman–Crippen MR) is 67.7 cm³/mol. The van der Waals surface area contributed by atoms with Crippen molar-refractivity contribution in [2.75, 3.05) is 11.9 Å². The second kappa shape index (κ2) is 5.77. The fourth-order valence-corrected chi connectivity index (χ4v) is 1.39. The average molecular weight is 243 g/mol. The normalized spacial score (nSPS) is 9.83. The molecule has 0 aromatic carbocycles. The molecule has 92 valence electrons. The fourth-order valence-electron chi connectivity index (χ4n) is 1.39. The van der Waals surface area contributed by atoms with Crippen molar-refractivity contribution < 1.29 is 9.53 Å². The van der Waals surface area contributed by atoms with Gasteiger partial charge in [0, 0.05) is 12.4 Å². The molecule has 0 saturated heterocycles. The van der Waals surface area contributed by atoms with Crippen LogP contribution in [0.3, 0.4) is 0 Å². The third kappa shape index (κ3) is 3.04. The highest BCUT2D eigenvalue weighted by Gasteiger charge is 2.06. The molecule has 0 saturated carbocycles. The Morgan fingerprint density at radius 2 is 2.22 bits per heavy atom. The summed E-state index contributed by atoms with van der Waals surface area (Å²) in [6, 6.07) is 7.10. The van der Waals surface area contributed by atoms with E-state index in [0.717, 1.165) is 5.69 Å². The molecule has 0 radical (unpaired) electrons. The van der Waals surface area contributed by atoms with E-state index in [-0.39, 0.29) is 5.97 Å². The largest absolute Gasteiger partial charge is 0.462 e. The predicted octanol–water partition coefficient (Wildman–Crippen LogP) is 2.40. The molecule has 5 heteroatoms. The molecule has 0 aliphatic heterocycles. The van der Waals surface area contributed by atoms with Crippen LogP contribution in [0.25, 0.3) is 0 Å². The molecule has 0 spiro atoms. The molecule has 2 heterocycles. The highest BCUT2D eigenvalue weighted by atomic mass is 16.5. The molecule has 0 atom stereocenters. The fraction of sp³-hybridized carbons (Fsp3) is 0.154. The van der Waals surface area contributed by atoms with E-state index in [2.05, 4.69) is 15.3 Å². The molecule has 0 bridgehead atoms. The van der Waals surface area contributed by atoms with E-state index in [9.17, 15) is 4.79 Å². The van der Waals surface area contributed by atoms with Gasteiger partial charge in [0.15, 0.2) is 0 Å². The minimum atomic E-state index is -0.363. The number of aromatic nitrogens is 2. The molecule has 0 amide bonds. The van der Waals surface area contributed by atoms with Crippen molar-refractivity contribution in [3.05, 3.63) is 48.4 Å². The lowest BCUT2D eigenvalue weighted by molar-refractivity contribution is 0.0526. The topological polar surface area (TPSA) is 64.1 Å². The molecule has 2 rings (SSSR count). The molecule has 0 unspecified atom stereocenters. The maximum absolute atomic E-state index is 11.4. The van der Waals surface area contributed by atoms with Crippen LogP contribution in [0.1, 0.15) is 17.3 Å². The monoisotopic (exact) mass is 243 g/mol. The molecule has 1 N–H and O–H groups in total. The molecule has 18 heavy (non-hydrogen) atoms. The zero-order valence-corrected chi connectivity index (χ0v) is 9.96. The lowest BCUT2D eigenvalue weighted by Crippen LogP contribution is -2.05. The lowest BCUT2D eigenvalue weighted by Gasteiger charge is -2.05. The van der Waals surface area contributed by atoms with Gasteiger partial charge in [-0.2, -0.15) is 0 Å². The first kappa shape index (κ1) is 12.0. The molecular formula is C13H13N3O2. The van der Waals surface area contributed by atoms with Crippen LogP contribution >= 0.6 is 0 Å². The SMILES string of the molecule is CCOC(=O)c1ccc(Nc2cccnc2)nc1. The van der Waals surface area contributed by atoms with Gasteiger partial charge in [-0.25, -0.2) is 9.78 Å². The van der Waals surface area contributed by atoms with Gasteiger partial charge in [-0.15, -0.1) is 0 Å². The van der Waals surface area contributed by atoms with Gasteiger partial charge in [0.05, 0.1) is 24.1 Å². The Bertz CT molecular complexity index is 512. The average Bonchev–Trinajstić information content (AvgIpc) is 2.41. The zero-order valence-electron chi connectivity index (χ0n) is 9.96. The van der Waals surface area contributed by atoms with Crippen molar-refractivity contribution in [2.24, 2.45) is 0 Å². The second-order valence-corrected chi connectivity index (χ2v) is 3.52. The van der Waals surface area contributed by atoms with Crippen molar-refractivity contribution in [1.29, 1.82) is 0 Å². The molecule has 0 aliphatic carbocycles. The number of rotatable bonds is 4. The van der Waals surface area contributed by atoms with Crippen molar-refractivity contribution in [3.8, 4) is 0 Å². The van der Waals surface area contributed by atoms with E-state index in [1.54, 1.807) is 31.5 Å². The third-order valence-corrected chi connectivity index (χ3v) is 2.21. The summed E-state index contributed by atoms with van der Waals surface area (Å²) in [5, 5.41) is 3.08. The van der Waals surface area contributed by atoms with Gasteiger partial charge in [0.25, 0.3) is 0 Å². The van der Waals surface area contributed by atoms with Crippen LogP contribution in [0, 0.1) is 0 Å². The standard InChI is InChI=1S/C13H13N3O2/c1-2-18-13(17)10-5-6-12(15-8-10)16-11-4-3-7-14-9-11/h3-9H,2H2,1H3,(H,15,16). The van der Waals surface area contributed by atoms with E-state index in [0.29, 0.717) is 18.0 Å². The van der Waals surface area contributed by atoms with Crippen LogP contribution < -0.4 is 5.32 Å². The maximum atomic E-state index is 11.4. The first-order valence-corrected chi connectivity index (χ1v) is 5.60. The highest BCUT2D eigenvalue weighted by Crippen LogP contribution is 2.13. The number of hydrogen-bond acceptors (Lipinski definition) is 5. The van der Waals surface area contributed by atoms with Crippen LogP contribution in [-0.4, -0.2) is 22.5 Å². The Kier molecular flexibility index (Phi) is 3.86. The minimum Gasteiger partial charge on any atom is -0.462 e. The molecule has 0 fully saturated rings. The van der Waals surface area contributed by atoms with Gasteiger partial charge in [0.2, 0.25) is 0 Å². The molecular weight excluding hydrogens is 230 g/mol. The van der Waals surface area contributed by atoms with Crippen molar-refractivity contribution in [3.63, 3.8) is 0 Å². The molecule has 2 aromatic heterocycles. The lowest BCUT2D eigenvalue weighted by atomic mass is 10.3. The minimum absolute atomic E-state index is 0.356. The quantitative estimate of drug-likeness (QED) is 0.835. The first-order valence-electron chi connectivity index (χ1n) is 5.60. The highest BCUT2D eigenvalue weighted by molar-refractivity contribution is 5.89. The van der Waals surface area contributed by atoms with Crippen LogP contribution in [0.5, 0.6) is 0 Å². The molecule has 0 aliphatic rings. The number of nitrogens with zero attached hydrogens (tertiary/aromatic N) is 2. The first-order chi connectivity index (χ1) is 8.79. The number of anilines is 2. The Labute approximate surface area is 105 Å². The van der Waals surface area contributed by atoms with Crippen LogP contribution in [0.2, 0.25) is 0 Å². The van der Waals surface area contributed by atoms with Crippen molar-refractivity contribution in [2.45, 2.75) is 6.92 Å². The Balaban J connectivity index is 2.06. The number of esters is 1. The van der Waals surface area contributed by atoms with Crippen LogP contribution in [0.15, 0.2) is 42.9 Å². The number of hydrogen-bond donors (Lipinski definition) is 1. The maximum Gasteiger partial charge on any atom is 0.339 e. The van der Waals surface area contributed by atoms with Gasteiger partial charge >= 0.3 is 5.97 Å². The Morgan fingerprint density at radius 1 is 1.33 bits per heavy atom. The van der Waals surface area contributed by atoms with Gasteiger partial charge in [0.1, 0.15) is 5.82 Å². The third-order valence-electron chi connectivity index (χ3n) is 2.21. The van der Waals surface area contributed by atoms with Gasteiger partial charge in [-0.1, -0.05) is 0 Å². The smallest absolute Gasteiger partial charge is 0.339 e. The van der Waals surface area contributed by atoms with Crippen LogP contribution in [0.4, 0.5) is 11.5 Å². The number of pyridine rings is 2. The summed E-state index contributed by atoms with van der Waals surface area (Å²) in [4.78, 5) is 19.5. The molecule has 2 aromatic rings. The summed E-state index contributed by atoms with van der Waals surface area (Å²) < 4.78 is 4.88. The summed E-state index contributed by atoms with van der Waals surface area (Å²) in [5.41, 5.74) is 1.28. The summed E-state index contributed by atoms with van der Waals surface area (Å²) in [6.07, 6.45) is 4.88. The van der Waals surface area contributed by atoms with Gasteiger partial charge in [-0.3, -0.25) is 4.98 Å². The number of carbonyl (C=O) groups is 1. The van der Waals surface area contributed by atoms with E-state index >= 15 is 0 Å². The zero-order chi connectivity index (χ0) is 12.8. The Morgan fingerprint density at radius 3 is 2.83 bits per heavy atom. The van der Waals surface area contributed by atoms with Gasteiger partial charge < -0.3 is 10.1 Å². The van der Waals surface area contributed by atoms with Crippen molar-refractivity contribution in [1.82, 2.24) is 9.97 Å². The van der Waals surface area contributed by atoms with Gasteiger partial charge in [-0.05, 0) is 31.2 Å². The van der Waals surface area contributed by atoms with E-state index in [4.69, 9.17) is 4.74 Å². The summed E-state index contributed by atoms with van der Waals surface area (Å²) >= 11 is 0. The Hall–Kier alpha value is -2.43. The van der Waals surface area contributed by atoms with E-state index in [1.807, 2.05) is 12.1 Å². The van der Waals surface area contributed by atoms with Crippen LogP contribution in [-0.2, 0) is 4.74 Å². The summed E-state index contributed by atoms with van der Waals surface area (Å²) in [5.74, 6) is 0.286. The number of carbonyl (C=O) groups excluding carboxylic acids is 1.